The van der Waals surface area contributed by atoms with Crippen molar-refractivity contribution in [3.8, 4) is 0 Å². The van der Waals surface area contributed by atoms with Gasteiger partial charge in [0.2, 0.25) is 10.0 Å². The quantitative estimate of drug-likeness (QED) is 0.798. The van der Waals surface area contributed by atoms with E-state index in [1.54, 1.807) is 36.4 Å². The molecule has 1 saturated carbocycles. The number of aryl methyl sites for hydroxylation is 2. The summed E-state index contributed by atoms with van der Waals surface area (Å²) in [4.78, 5) is 12.5. The Balaban J connectivity index is 1.60. The number of benzene rings is 2. The largest absolute Gasteiger partial charge is 0.349 e. The van der Waals surface area contributed by atoms with E-state index in [2.05, 4.69) is 10.0 Å². The second-order valence-electron chi connectivity index (χ2n) is 7.22. The Hall–Kier alpha value is -2.18. The number of hydrogen-bond donors (Lipinski definition) is 2. The van der Waals surface area contributed by atoms with Crippen molar-refractivity contribution < 1.29 is 13.2 Å². The Morgan fingerprint density at radius 2 is 1.67 bits per heavy atom. The van der Waals surface area contributed by atoms with Crippen molar-refractivity contribution in [1.29, 1.82) is 0 Å². The summed E-state index contributed by atoms with van der Waals surface area (Å²) in [6.45, 7) is 4.02. The van der Waals surface area contributed by atoms with Crippen molar-refractivity contribution >= 4 is 15.9 Å². The molecule has 0 heterocycles. The minimum absolute atomic E-state index is 0.0656. The van der Waals surface area contributed by atoms with Crippen molar-refractivity contribution in [1.82, 2.24) is 10.0 Å². The van der Waals surface area contributed by atoms with Gasteiger partial charge < -0.3 is 5.32 Å². The van der Waals surface area contributed by atoms with Gasteiger partial charge in [0.15, 0.2) is 0 Å². The third kappa shape index (κ3) is 4.96. The topological polar surface area (TPSA) is 75.3 Å². The molecule has 2 aromatic carbocycles. The van der Waals surface area contributed by atoms with Gasteiger partial charge in [0, 0.05) is 18.2 Å². The van der Waals surface area contributed by atoms with E-state index in [9.17, 15) is 13.2 Å². The van der Waals surface area contributed by atoms with E-state index in [1.165, 1.54) is 12.8 Å². The molecule has 0 spiro atoms. The maximum Gasteiger partial charge on any atom is 0.251 e. The van der Waals surface area contributed by atoms with Crippen LogP contribution < -0.4 is 10.0 Å². The number of nitrogens with one attached hydrogen (secondary N) is 2. The van der Waals surface area contributed by atoms with Gasteiger partial charge in [-0.1, -0.05) is 31.0 Å². The predicted octanol–water partition coefficient (Wildman–Crippen LogP) is 3.45. The third-order valence-corrected chi connectivity index (χ3v) is 6.56. The molecule has 0 bridgehead atoms. The van der Waals surface area contributed by atoms with Crippen LogP contribution in [0.25, 0.3) is 0 Å². The van der Waals surface area contributed by atoms with Gasteiger partial charge in [-0.15, -0.1) is 0 Å². The molecule has 2 N–H and O–H groups in total. The first kappa shape index (κ1) is 19.6. The van der Waals surface area contributed by atoms with Gasteiger partial charge >= 0.3 is 0 Å². The number of rotatable bonds is 6. The molecule has 0 radical (unpaired) electrons. The van der Waals surface area contributed by atoms with Crippen LogP contribution >= 0.6 is 0 Å². The number of carbonyl (C=O) groups excluding carboxylic acids is 1. The lowest BCUT2D eigenvalue weighted by Gasteiger charge is -2.12. The third-order valence-electron chi connectivity index (χ3n) is 5.16. The lowest BCUT2D eigenvalue weighted by Crippen LogP contribution is -2.32. The van der Waals surface area contributed by atoms with Crippen LogP contribution in [0.15, 0.2) is 47.4 Å². The zero-order chi connectivity index (χ0) is 19.4. The summed E-state index contributed by atoms with van der Waals surface area (Å²) in [6.07, 6.45) is 4.43. The molecular weight excluding hydrogens is 360 g/mol. The number of hydrogen-bond acceptors (Lipinski definition) is 3. The van der Waals surface area contributed by atoms with Gasteiger partial charge in [-0.25, -0.2) is 13.1 Å². The van der Waals surface area contributed by atoms with E-state index in [4.69, 9.17) is 0 Å². The summed E-state index contributed by atoms with van der Waals surface area (Å²) in [6, 6.07) is 12.4. The molecule has 3 rings (SSSR count). The molecule has 0 atom stereocenters. The highest BCUT2D eigenvalue weighted by atomic mass is 32.2. The second kappa shape index (κ2) is 8.23. The fraction of sp³-hybridized carbons (Fsp3) is 0.381. The fourth-order valence-corrected chi connectivity index (χ4v) is 4.36. The maximum atomic E-state index is 12.5. The van der Waals surface area contributed by atoms with E-state index < -0.39 is 10.0 Å². The van der Waals surface area contributed by atoms with Crippen molar-refractivity contribution in [2.45, 2.75) is 57.0 Å². The molecule has 2 aromatic rings. The molecule has 6 heteroatoms. The summed E-state index contributed by atoms with van der Waals surface area (Å²) in [7, 11) is -3.57. The molecule has 144 valence electrons. The molecule has 1 fully saturated rings. The molecule has 27 heavy (non-hydrogen) atoms. The minimum Gasteiger partial charge on any atom is -0.349 e. The highest BCUT2D eigenvalue weighted by molar-refractivity contribution is 7.89. The second-order valence-corrected chi connectivity index (χ2v) is 8.99. The number of sulfonamides is 1. The van der Waals surface area contributed by atoms with Gasteiger partial charge in [-0.05, 0) is 67.6 Å². The zero-order valence-electron chi connectivity index (χ0n) is 15.8. The fourth-order valence-electron chi connectivity index (χ4n) is 3.26. The van der Waals surface area contributed by atoms with Crippen LogP contribution in [0.5, 0.6) is 0 Å². The highest BCUT2D eigenvalue weighted by Crippen LogP contribution is 2.18. The van der Waals surface area contributed by atoms with Crippen molar-refractivity contribution in [2.24, 2.45) is 0 Å². The lowest BCUT2D eigenvalue weighted by molar-refractivity contribution is 0.0938. The van der Waals surface area contributed by atoms with Crippen LogP contribution in [0.2, 0.25) is 0 Å². The molecule has 1 amide bonds. The summed E-state index contributed by atoms with van der Waals surface area (Å²) >= 11 is 0. The summed E-state index contributed by atoms with van der Waals surface area (Å²) < 4.78 is 27.5. The molecular formula is C21H26N2O3S. The summed E-state index contributed by atoms with van der Waals surface area (Å²) in [5.74, 6) is -0.0656. The van der Waals surface area contributed by atoms with Gasteiger partial charge in [-0.2, -0.15) is 0 Å². The van der Waals surface area contributed by atoms with Crippen LogP contribution in [-0.4, -0.2) is 20.4 Å². The van der Waals surface area contributed by atoms with Crippen molar-refractivity contribution in [3.63, 3.8) is 0 Å². The Kier molecular flexibility index (Phi) is 5.97. The molecule has 0 saturated heterocycles. The van der Waals surface area contributed by atoms with Crippen molar-refractivity contribution in [2.75, 3.05) is 0 Å². The van der Waals surface area contributed by atoms with Crippen LogP contribution in [0, 0.1) is 13.8 Å². The van der Waals surface area contributed by atoms with Crippen LogP contribution in [0.4, 0.5) is 0 Å². The Labute approximate surface area is 161 Å². The van der Waals surface area contributed by atoms with Gasteiger partial charge in [0.25, 0.3) is 5.91 Å². The molecule has 0 aliphatic heterocycles. The lowest BCUT2D eigenvalue weighted by atomic mass is 10.1. The van der Waals surface area contributed by atoms with E-state index in [1.807, 2.05) is 19.9 Å². The molecule has 1 aliphatic carbocycles. The monoisotopic (exact) mass is 386 g/mol. The minimum atomic E-state index is -3.57. The first-order valence-electron chi connectivity index (χ1n) is 9.32. The number of carbonyl (C=O) groups is 1. The molecule has 5 nitrogen and oxygen atoms in total. The highest BCUT2D eigenvalue weighted by Gasteiger charge is 2.18. The molecule has 0 unspecified atom stereocenters. The summed E-state index contributed by atoms with van der Waals surface area (Å²) in [5, 5.41) is 3.05. The Morgan fingerprint density at radius 3 is 2.30 bits per heavy atom. The standard InChI is InChI=1S/C21H26N2O3S/c1-15-7-12-20(13-16(15)2)27(25,26)22-14-17-8-10-18(11-9-17)21(24)23-19-5-3-4-6-19/h7-13,19,22H,3-6,14H2,1-2H3,(H,23,24). The first-order valence-corrected chi connectivity index (χ1v) is 10.8. The van der Waals surface area contributed by atoms with Crippen molar-refractivity contribution in [3.05, 3.63) is 64.7 Å². The number of amides is 1. The van der Waals surface area contributed by atoms with Gasteiger partial charge in [0.05, 0.1) is 4.90 Å². The van der Waals surface area contributed by atoms with E-state index in [0.29, 0.717) is 5.56 Å². The average Bonchev–Trinajstić information content (AvgIpc) is 3.15. The smallest absolute Gasteiger partial charge is 0.251 e. The zero-order valence-corrected chi connectivity index (χ0v) is 16.6. The average molecular weight is 387 g/mol. The van der Waals surface area contributed by atoms with E-state index in [0.717, 1.165) is 29.5 Å². The maximum absolute atomic E-state index is 12.5. The van der Waals surface area contributed by atoms with Crippen LogP contribution in [0.1, 0.15) is 52.7 Å². The SMILES string of the molecule is Cc1ccc(S(=O)(=O)NCc2ccc(C(=O)NC3CCCC3)cc2)cc1C. The summed E-state index contributed by atoms with van der Waals surface area (Å²) in [5.41, 5.74) is 3.40. The molecule has 1 aliphatic rings. The van der Waals surface area contributed by atoms with E-state index in [-0.39, 0.29) is 23.4 Å². The molecule has 0 aromatic heterocycles. The Bertz CT molecular complexity index is 915. The van der Waals surface area contributed by atoms with Crippen LogP contribution in [-0.2, 0) is 16.6 Å². The van der Waals surface area contributed by atoms with Gasteiger partial charge in [-0.3, -0.25) is 4.79 Å². The Morgan fingerprint density at radius 1 is 1.00 bits per heavy atom. The van der Waals surface area contributed by atoms with E-state index >= 15 is 0 Å². The first-order chi connectivity index (χ1) is 12.8. The van der Waals surface area contributed by atoms with Gasteiger partial charge in [0.1, 0.15) is 0 Å². The van der Waals surface area contributed by atoms with Crippen LogP contribution in [0.3, 0.4) is 0 Å². The predicted molar refractivity (Wildman–Crippen MR) is 106 cm³/mol. The normalized spacial score (nSPS) is 15.0.